The summed E-state index contributed by atoms with van der Waals surface area (Å²) in [6, 6.07) is 14.0. The van der Waals surface area contributed by atoms with Crippen molar-refractivity contribution in [1.29, 1.82) is 0 Å². The van der Waals surface area contributed by atoms with Gasteiger partial charge in [-0.25, -0.2) is 0 Å². The Balaban J connectivity index is 1.50. The van der Waals surface area contributed by atoms with E-state index >= 15 is 0 Å². The first-order chi connectivity index (χ1) is 15.3. The SMILES string of the molecule is O=C(NCc1ccc(COCC(F)(F)F)cc1)c1ccccc1SCC(=O)N1CCCC1. The van der Waals surface area contributed by atoms with Crippen molar-refractivity contribution in [3.05, 3.63) is 65.2 Å². The van der Waals surface area contributed by atoms with Gasteiger partial charge in [-0.3, -0.25) is 9.59 Å². The van der Waals surface area contributed by atoms with E-state index in [1.807, 2.05) is 17.0 Å². The number of ether oxygens (including phenoxy) is 1. The fraction of sp³-hybridized carbons (Fsp3) is 0.391. The normalized spacial score (nSPS) is 13.9. The number of rotatable bonds is 9. The van der Waals surface area contributed by atoms with Crippen LogP contribution in [0.1, 0.15) is 34.3 Å². The molecule has 1 aliphatic rings. The predicted molar refractivity (Wildman–Crippen MR) is 116 cm³/mol. The fourth-order valence-corrected chi connectivity index (χ4v) is 4.25. The van der Waals surface area contributed by atoms with E-state index in [0.29, 0.717) is 16.9 Å². The van der Waals surface area contributed by atoms with Crippen LogP contribution in [0, 0.1) is 0 Å². The average Bonchev–Trinajstić information content (AvgIpc) is 3.31. The summed E-state index contributed by atoms with van der Waals surface area (Å²) in [7, 11) is 0. The van der Waals surface area contributed by atoms with Crippen LogP contribution in [-0.2, 0) is 22.7 Å². The summed E-state index contributed by atoms with van der Waals surface area (Å²) < 4.78 is 41.1. The lowest BCUT2D eigenvalue weighted by molar-refractivity contribution is -0.176. The number of carbonyl (C=O) groups excluding carboxylic acids is 2. The van der Waals surface area contributed by atoms with Crippen molar-refractivity contribution in [1.82, 2.24) is 10.2 Å². The van der Waals surface area contributed by atoms with Gasteiger partial charge in [-0.2, -0.15) is 13.2 Å². The molecule has 0 spiro atoms. The van der Waals surface area contributed by atoms with Crippen molar-refractivity contribution in [3.63, 3.8) is 0 Å². The molecule has 0 saturated carbocycles. The average molecular weight is 467 g/mol. The lowest BCUT2D eigenvalue weighted by Gasteiger charge is -2.15. The van der Waals surface area contributed by atoms with Crippen molar-refractivity contribution in [2.45, 2.75) is 37.1 Å². The van der Waals surface area contributed by atoms with Gasteiger partial charge in [-0.1, -0.05) is 36.4 Å². The molecule has 0 unspecified atom stereocenters. The highest BCUT2D eigenvalue weighted by Gasteiger charge is 2.27. The molecule has 0 aliphatic carbocycles. The van der Waals surface area contributed by atoms with Crippen molar-refractivity contribution in [2.24, 2.45) is 0 Å². The summed E-state index contributed by atoms with van der Waals surface area (Å²) in [5, 5.41) is 2.85. The zero-order chi connectivity index (χ0) is 23.0. The van der Waals surface area contributed by atoms with Crippen molar-refractivity contribution in [2.75, 3.05) is 25.4 Å². The molecule has 0 radical (unpaired) electrons. The second-order valence-electron chi connectivity index (χ2n) is 7.48. The first-order valence-electron chi connectivity index (χ1n) is 10.3. The maximum atomic E-state index is 12.7. The zero-order valence-electron chi connectivity index (χ0n) is 17.5. The number of hydrogen-bond acceptors (Lipinski definition) is 4. The van der Waals surface area contributed by atoms with E-state index in [9.17, 15) is 22.8 Å². The fourth-order valence-electron chi connectivity index (χ4n) is 3.29. The quantitative estimate of drug-likeness (QED) is 0.557. The molecule has 3 rings (SSSR count). The van der Waals surface area contributed by atoms with Crippen LogP contribution in [0.15, 0.2) is 53.4 Å². The summed E-state index contributed by atoms with van der Waals surface area (Å²) in [4.78, 5) is 27.6. The van der Waals surface area contributed by atoms with Crippen molar-refractivity contribution >= 4 is 23.6 Å². The number of carbonyl (C=O) groups is 2. The van der Waals surface area contributed by atoms with E-state index in [0.717, 1.165) is 36.4 Å². The Morgan fingerprint density at radius 2 is 1.66 bits per heavy atom. The maximum Gasteiger partial charge on any atom is 0.411 e. The Bertz CT molecular complexity index is 913. The first kappa shape index (κ1) is 24.1. The van der Waals surface area contributed by atoms with E-state index < -0.39 is 12.8 Å². The summed E-state index contributed by atoms with van der Waals surface area (Å²) in [6.45, 7) is 0.455. The monoisotopic (exact) mass is 466 g/mol. The Labute approximate surface area is 189 Å². The molecule has 1 heterocycles. The second kappa shape index (κ2) is 11.4. The number of hydrogen-bond donors (Lipinski definition) is 1. The molecule has 9 heteroatoms. The van der Waals surface area contributed by atoms with Gasteiger partial charge < -0.3 is 15.0 Å². The van der Waals surface area contributed by atoms with Gasteiger partial charge in [0, 0.05) is 24.5 Å². The number of amides is 2. The van der Waals surface area contributed by atoms with Crippen LogP contribution >= 0.6 is 11.8 Å². The van der Waals surface area contributed by atoms with E-state index in [1.54, 1.807) is 36.4 Å². The van der Waals surface area contributed by atoms with Gasteiger partial charge in [0.05, 0.1) is 17.9 Å². The van der Waals surface area contributed by atoms with Crippen LogP contribution < -0.4 is 5.32 Å². The highest BCUT2D eigenvalue weighted by Crippen LogP contribution is 2.24. The Kier molecular flexibility index (Phi) is 8.58. The number of likely N-dealkylation sites (tertiary alicyclic amines) is 1. The molecular formula is C23H25F3N2O3S. The summed E-state index contributed by atoms with van der Waals surface area (Å²) in [5.74, 6) is 0.128. The minimum absolute atomic E-state index is 0.0852. The molecule has 2 aromatic carbocycles. The van der Waals surface area contributed by atoms with E-state index in [2.05, 4.69) is 10.1 Å². The Hall–Kier alpha value is -2.52. The molecule has 0 bridgehead atoms. The summed E-state index contributed by atoms with van der Waals surface area (Å²) in [5.41, 5.74) is 1.94. The Morgan fingerprint density at radius 3 is 2.34 bits per heavy atom. The number of thioether (sulfide) groups is 1. The second-order valence-corrected chi connectivity index (χ2v) is 8.50. The van der Waals surface area contributed by atoms with Crippen LogP contribution in [0.2, 0.25) is 0 Å². The number of nitrogens with zero attached hydrogens (tertiary/aromatic N) is 1. The van der Waals surface area contributed by atoms with Crippen LogP contribution in [0.5, 0.6) is 0 Å². The number of alkyl halides is 3. The van der Waals surface area contributed by atoms with Crippen molar-refractivity contribution in [3.8, 4) is 0 Å². The lowest BCUT2D eigenvalue weighted by Crippen LogP contribution is -2.29. The highest BCUT2D eigenvalue weighted by atomic mass is 32.2. The molecule has 5 nitrogen and oxygen atoms in total. The van der Waals surface area contributed by atoms with Gasteiger partial charge in [0.2, 0.25) is 5.91 Å². The molecule has 32 heavy (non-hydrogen) atoms. The molecule has 1 saturated heterocycles. The highest BCUT2D eigenvalue weighted by molar-refractivity contribution is 8.00. The number of benzene rings is 2. The molecule has 1 N–H and O–H groups in total. The Morgan fingerprint density at radius 1 is 1.00 bits per heavy atom. The van der Waals surface area contributed by atoms with Gasteiger partial charge in [-0.15, -0.1) is 11.8 Å². The van der Waals surface area contributed by atoms with Gasteiger partial charge in [0.1, 0.15) is 6.61 Å². The van der Waals surface area contributed by atoms with E-state index in [-0.39, 0.29) is 25.0 Å². The minimum Gasteiger partial charge on any atom is -0.367 e. The van der Waals surface area contributed by atoms with Crippen molar-refractivity contribution < 1.29 is 27.5 Å². The first-order valence-corrected chi connectivity index (χ1v) is 11.3. The summed E-state index contributed by atoms with van der Waals surface area (Å²) >= 11 is 1.36. The number of halogens is 3. The van der Waals surface area contributed by atoms with Gasteiger partial charge in [-0.05, 0) is 36.1 Å². The third kappa shape index (κ3) is 7.56. The molecule has 172 valence electrons. The van der Waals surface area contributed by atoms with E-state index in [4.69, 9.17) is 0 Å². The van der Waals surface area contributed by atoms with Gasteiger partial charge in [0.15, 0.2) is 0 Å². The number of nitrogens with one attached hydrogen (secondary N) is 1. The third-order valence-corrected chi connectivity index (χ3v) is 6.01. The largest absolute Gasteiger partial charge is 0.411 e. The molecule has 0 atom stereocenters. The predicted octanol–water partition coefficient (Wildman–Crippen LogP) is 4.41. The molecule has 2 aromatic rings. The molecular weight excluding hydrogens is 441 g/mol. The third-order valence-electron chi connectivity index (χ3n) is 4.95. The zero-order valence-corrected chi connectivity index (χ0v) is 18.3. The van der Waals surface area contributed by atoms with Crippen LogP contribution in [0.25, 0.3) is 0 Å². The molecule has 0 aromatic heterocycles. The maximum absolute atomic E-state index is 12.7. The van der Waals surface area contributed by atoms with E-state index in [1.165, 1.54) is 11.8 Å². The minimum atomic E-state index is -4.35. The smallest absolute Gasteiger partial charge is 0.367 e. The molecule has 1 aliphatic heterocycles. The standard InChI is InChI=1S/C23H25F3N2O3S/c24-23(25,26)16-31-14-18-9-7-17(8-10-18)13-27-22(30)19-5-1-2-6-20(19)32-15-21(29)28-11-3-4-12-28/h1-2,5-10H,3-4,11-16H2,(H,27,30). The lowest BCUT2D eigenvalue weighted by atomic mass is 10.1. The molecule has 2 amide bonds. The van der Waals surface area contributed by atoms with Crippen LogP contribution in [0.3, 0.4) is 0 Å². The topological polar surface area (TPSA) is 58.6 Å². The van der Waals surface area contributed by atoms with Crippen LogP contribution in [0.4, 0.5) is 13.2 Å². The van der Waals surface area contributed by atoms with Gasteiger partial charge >= 0.3 is 6.18 Å². The summed E-state index contributed by atoms with van der Waals surface area (Å²) in [6.07, 6.45) is -2.27. The molecule has 1 fully saturated rings. The van der Waals surface area contributed by atoms with Crippen LogP contribution in [-0.4, -0.2) is 48.3 Å². The van der Waals surface area contributed by atoms with Gasteiger partial charge in [0.25, 0.3) is 5.91 Å².